The Morgan fingerprint density at radius 2 is 2.03 bits per heavy atom. The Morgan fingerprint density at radius 3 is 2.67 bits per heavy atom. The molecule has 10 heteroatoms. The summed E-state index contributed by atoms with van der Waals surface area (Å²) in [6.45, 7) is 3.65. The SMILES string of the molecule is CNCCN(C)Cc1nn2c(c1C1CCC(CCC(F)(F)F)CC1C(C)OC)CC(F)(F)C2. The van der Waals surface area contributed by atoms with Crippen molar-refractivity contribution in [2.24, 2.45) is 11.8 Å². The molecule has 1 aromatic rings. The molecule has 2 heterocycles. The molecule has 0 aromatic carbocycles. The van der Waals surface area contributed by atoms with E-state index in [0.29, 0.717) is 31.5 Å². The van der Waals surface area contributed by atoms with Gasteiger partial charge in [-0.05, 0) is 64.5 Å². The molecule has 0 radical (unpaired) electrons. The molecule has 1 N–H and O–H groups in total. The van der Waals surface area contributed by atoms with Crippen LogP contribution in [0.5, 0.6) is 0 Å². The molecule has 0 amide bonds. The number of aromatic nitrogens is 2. The molecule has 1 aromatic heterocycles. The lowest BCUT2D eigenvalue weighted by Gasteiger charge is -2.40. The number of likely N-dealkylation sites (N-methyl/N-ethyl adjacent to an activating group) is 2. The van der Waals surface area contributed by atoms with Crippen molar-refractivity contribution in [1.82, 2.24) is 20.0 Å². The maximum Gasteiger partial charge on any atom is 0.389 e. The van der Waals surface area contributed by atoms with Crippen molar-refractivity contribution in [3.8, 4) is 0 Å². The second kappa shape index (κ2) is 10.6. The van der Waals surface area contributed by atoms with Crippen LogP contribution in [0.1, 0.15) is 61.9 Å². The van der Waals surface area contributed by atoms with E-state index in [9.17, 15) is 22.0 Å². The third-order valence-corrected chi connectivity index (χ3v) is 7.33. The van der Waals surface area contributed by atoms with Crippen LogP contribution in [-0.2, 0) is 24.2 Å². The van der Waals surface area contributed by atoms with Crippen molar-refractivity contribution < 1.29 is 26.7 Å². The zero-order chi connectivity index (χ0) is 24.4. The van der Waals surface area contributed by atoms with Crippen LogP contribution >= 0.6 is 0 Å². The molecule has 190 valence electrons. The molecular weight excluding hydrogens is 443 g/mol. The fourth-order valence-corrected chi connectivity index (χ4v) is 5.56. The summed E-state index contributed by atoms with van der Waals surface area (Å²) in [5, 5.41) is 7.71. The molecule has 0 bridgehead atoms. The van der Waals surface area contributed by atoms with Gasteiger partial charge in [-0.2, -0.15) is 18.3 Å². The van der Waals surface area contributed by atoms with Gasteiger partial charge < -0.3 is 10.1 Å². The lowest BCUT2D eigenvalue weighted by Crippen LogP contribution is -2.34. The standard InChI is InChI=1S/C23H37F5N4O/c1-15(33-4)18-11-16(7-8-23(26,27)28)5-6-17(18)21-19(13-31(3)10-9-29-2)30-32-14-22(24,25)12-20(21)32/h15-18,29H,5-14H2,1-4H3. The number of halogens is 5. The maximum atomic E-state index is 14.3. The Morgan fingerprint density at radius 1 is 1.30 bits per heavy atom. The molecule has 1 aliphatic heterocycles. The van der Waals surface area contributed by atoms with Crippen molar-refractivity contribution in [1.29, 1.82) is 0 Å². The van der Waals surface area contributed by atoms with Crippen molar-refractivity contribution in [2.45, 2.75) is 82.7 Å². The highest BCUT2D eigenvalue weighted by Crippen LogP contribution is 2.48. The third kappa shape index (κ3) is 6.66. The van der Waals surface area contributed by atoms with Gasteiger partial charge in [0.1, 0.15) is 6.54 Å². The molecule has 4 atom stereocenters. The zero-order valence-corrected chi connectivity index (χ0v) is 20.0. The van der Waals surface area contributed by atoms with Crippen LogP contribution < -0.4 is 5.32 Å². The number of fused-ring (bicyclic) bond motifs is 1. The highest BCUT2D eigenvalue weighted by molar-refractivity contribution is 5.35. The Labute approximate surface area is 193 Å². The summed E-state index contributed by atoms with van der Waals surface area (Å²) >= 11 is 0. The van der Waals surface area contributed by atoms with Crippen LogP contribution in [0.3, 0.4) is 0 Å². The number of nitrogens with zero attached hydrogens (tertiary/aromatic N) is 3. The number of ether oxygens (including phenoxy) is 1. The molecule has 0 saturated heterocycles. The smallest absolute Gasteiger partial charge is 0.381 e. The first-order valence-electron chi connectivity index (χ1n) is 11.8. The Hall–Kier alpha value is -1.26. The van der Waals surface area contributed by atoms with Crippen LogP contribution in [0, 0.1) is 11.8 Å². The normalized spacial score (nSPS) is 26.1. The number of nitrogens with one attached hydrogen (secondary N) is 1. The minimum absolute atomic E-state index is 0.0357. The summed E-state index contributed by atoms with van der Waals surface area (Å²) < 4.78 is 74.0. The Bertz CT molecular complexity index is 782. The van der Waals surface area contributed by atoms with Crippen molar-refractivity contribution in [3.05, 3.63) is 17.0 Å². The lowest BCUT2D eigenvalue weighted by atomic mass is 9.67. The van der Waals surface area contributed by atoms with Gasteiger partial charge in [-0.3, -0.25) is 9.58 Å². The minimum Gasteiger partial charge on any atom is -0.381 e. The second-order valence-electron chi connectivity index (χ2n) is 9.88. The maximum absolute atomic E-state index is 14.3. The monoisotopic (exact) mass is 480 g/mol. The summed E-state index contributed by atoms with van der Waals surface area (Å²) in [6.07, 6.45) is -3.44. The average molecular weight is 481 g/mol. The largest absolute Gasteiger partial charge is 0.389 e. The van der Waals surface area contributed by atoms with E-state index in [4.69, 9.17) is 4.74 Å². The van der Waals surface area contributed by atoms with Crippen LogP contribution in [-0.4, -0.2) is 67.2 Å². The molecule has 0 spiro atoms. The Kier molecular flexibility index (Phi) is 8.43. The van der Waals surface area contributed by atoms with Crippen molar-refractivity contribution in [3.63, 3.8) is 0 Å². The Balaban J connectivity index is 1.88. The molecule has 1 aliphatic carbocycles. The van der Waals surface area contributed by atoms with Crippen LogP contribution in [0.15, 0.2) is 0 Å². The number of hydrogen-bond acceptors (Lipinski definition) is 4. The second-order valence-corrected chi connectivity index (χ2v) is 9.88. The number of alkyl halides is 5. The summed E-state index contributed by atoms with van der Waals surface area (Å²) in [5.41, 5.74) is 2.28. The molecule has 1 fully saturated rings. The highest BCUT2D eigenvalue weighted by atomic mass is 19.4. The minimum atomic E-state index is -4.16. The average Bonchev–Trinajstić information content (AvgIpc) is 3.20. The van der Waals surface area contributed by atoms with Gasteiger partial charge >= 0.3 is 6.18 Å². The molecule has 2 aliphatic rings. The molecule has 1 saturated carbocycles. The van der Waals surface area contributed by atoms with Crippen LogP contribution in [0.25, 0.3) is 0 Å². The highest BCUT2D eigenvalue weighted by Gasteiger charge is 2.45. The van der Waals surface area contributed by atoms with Gasteiger partial charge in [0.25, 0.3) is 5.92 Å². The first-order valence-corrected chi connectivity index (χ1v) is 11.8. The topological polar surface area (TPSA) is 42.3 Å². The summed E-state index contributed by atoms with van der Waals surface area (Å²) in [4.78, 5) is 2.11. The van der Waals surface area contributed by atoms with Gasteiger partial charge in [-0.1, -0.05) is 0 Å². The fourth-order valence-electron chi connectivity index (χ4n) is 5.56. The van der Waals surface area contributed by atoms with E-state index in [-0.39, 0.29) is 36.7 Å². The summed E-state index contributed by atoms with van der Waals surface area (Å²) in [7, 11) is 5.45. The van der Waals surface area contributed by atoms with Gasteiger partial charge in [-0.25, -0.2) is 8.78 Å². The molecule has 3 rings (SSSR count). The van der Waals surface area contributed by atoms with E-state index < -0.39 is 25.1 Å². The van der Waals surface area contributed by atoms with E-state index >= 15 is 0 Å². The van der Waals surface area contributed by atoms with Crippen LogP contribution in [0.2, 0.25) is 0 Å². The predicted octanol–water partition coefficient (Wildman–Crippen LogP) is 4.60. The van der Waals surface area contributed by atoms with E-state index in [1.54, 1.807) is 7.11 Å². The van der Waals surface area contributed by atoms with Crippen molar-refractivity contribution in [2.75, 3.05) is 34.3 Å². The molecule has 33 heavy (non-hydrogen) atoms. The van der Waals surface area contributed by atoms with Crippen LogP contribution in [0.4, 0.5) is 22.0 Å². The zero-order valence-electron chi connectivity index (χ0n) is 20.0. The first-order chi connectivity index (χ1) is 15.4. The number of hydrogen-bond donors (Lipinski definition) is 1. The predicted molar refractivity (Wildman–Crippen MR) is 116 cm³/mol. The molecule has 4 unspecified atom stereocenters. The summed E-state index contributed by atoms with van der Waals surface area (Å²) in [6, 6.07) is 0. The lowest BCUT2D eigenvalue weighted by molar-refractivity contribution is -0.138. The van der Waals surface area contributed by atoms with Gasteiger partial charge in [0.2, 0.25) is 0 Å². The summed E-state index contributed by atoms with van der Waals surface area (Å²) in [5.74, 6) is -2.95. The quantitative estimate of drug-likeness (QED) is 0.497. The fraction of sp³-hybridized carbons (Fsp3) is 0.870. The number of rotatable bonds is 10. The first kappa shape index (κ1) is 26.3. The van der Waals surface area contributed by atoms with Crippen molar-refractivity contribution >= 4 is 0 Å². The van der Waals surface area contributed by atoms with E-state index in [1.807, 2.05) is 21.0 Å². The third-order valence-electron chi connectivity index (χ3n) is 7.33. The van der Waals surface area contributed by atoms with E-state index in [1.165, 1.54) is 4.68 Å². The number of methoxy groups -OCH3 is 1. The molecule has 5 nitrogen and oxygen atoms in total. The van der Waals surface area contributed by atoms with Gasteiger partial charge in [0.05, 0.1) is 18.2 Å². The van der Waals surface area contributed by atoms with Gasteiger partial charge in [0, 0.05) is 44.4 Å². The van der Waals surface area contributed by atoms with Gasteiger partial charge in [0.15, 0.2) is 0 Å². The van der Waals surface area contributed by atoms with E-state index in [2.05, 4.69) is 15.3 Å². The van der Waals surface area contributed by atoms with Gasteiger partial charge in [-0.15, -0.1) is 0 Å². The molecular formula is C23H37F5N4O. The van der Waals surface area contributed by atoms with E-state index in [0.717, 1.165) is 24.3 Å².